The first kappa shape index (κ1) is 23.4. The molecule has 4 N–H and O–H groups in total. The van der Waals surface area contributed by atoms with E-state index < -0.39 is 11.2 Å². The number of carbonyl (C=O) groups excluding carboxylic acids is 1. The molecule has 0 saturated carbocycles. The molecule has 1 amide bonds. The van der Waals surface area contributed by atoms with E-state index >= 15 is 0 Å². The van der Waals surface area contributed by atoms with Gasteiger partial charge in [0, 0.05) is 19.1 Å². The molecule has 1 heterocycles. The fourth-order valence-electron chi connectivity index (χ4n) is 3.26. The molecule has 0 unspecified atom stereocenters. The summed E-state index contributed by atoms with van der Waals surface area (Å²) in [6.07, 6.45) is 0. The van der Waals surface area contributed by atoms with Gasteiger partial charge in [0.2, 0.25) is 5.91 Å². The number of anilines is 2. The van der Waals surface area contributed by atoms with E-state index in [1.54, 1.807) is 0 Å². The third-order valence-electron chi connectivity index (χ3n) is 4.74. The van der Waals surface area contributed by atoms with Crippen LogP contribution in [-0.2, 0) is 11.3 Å². The van der Waals surface area contributed by atoms with Crippen molar-refractivity contribution in [2.24, 2.45) is 11.8 Å². The van der Waals surface area contributed by atoms with Crippen molar-refractivity contribution in [2.75, 3.05) is 23.7 Å². The van der Waals surface area contributed by atoms with Gasteiger partial charge in [0.15, 0.2) is 5.69 Å². The molecule has 0 bridgehead atoms. The first-order valence-electron chi connectivity index (χ1n) is 10.3. The Balaban J connectivity index is 2.34. The Labute approximate surface area is 177 Å². The minimum Gasteiger partial charge on any atom is -0.383 e. The van der Waals surface area contributed by atoms with Gasteiger partial charge in [0.25, 0.3) is 5.56 Å². The lowest BCUT2D eigenvalue weighted by Crippen LogP contribution is -2.46. The van der Waals surface area contributed by atoms with Crippen LogP contribution in [0.15, 0.2) is 39.9 Å². The van der Waals surface area contributed by atoms with Crippen LogP contribution in [0.25, 0.3) is 0 Å². The van der Waals surface area contributed by atoms with Crippen molar-refractivity contribution in [1.29, 1.82) is 0 Å². The van der Waals surface area contributed by atoms with E-state index in [1.165, 1.54) is 9.47 Å². The maximum Gasteiger partial charge on any atom is 0.330 e. The van der Waals surface area contributed by atoms with E-state index in [1.807, 2.05) is 65.0 Å². The number of hydrogen-bond acceptors (Lipinski definition) is 5. The van der Waals surface area contributed by atoms with E-state index in [0.29, 0.717) is 13.1 Å². The Morgan fingerprint density at radius 2 is 1.73 bits per heavy atom. The number of benzene rings is 1. The van der Waals surface area contributed by atoms with E-state index in [-0.39, 0.29) is 41.8 Å². The van der Waals surface area contributed by atoms with Gasteiger partial charge in [-0.2, -0.15) is 0 Å². The smallest absolute Gasteiger partial charge is 0.330 e. The largest absolute Gasteiger partial charge is 0.383 e. The summed E-state index contributed by atoms with van der Waals surface area (Å²) in [5.74, 6) is -0.0165. The fourth-order valence-corrected chi connectivity index (χ4v) is 3.26. The highest BCUT2D eigenvalue weighted by Crippen LogP contribution is 2.19. The molecule has 30 heavy (non-hydrogen) atoms. The Morgan fingerprint density at radius 1 is 1.10 bits per heavy atom. The number of nitrogens with one attached hydrogen (secondary N) is 2. The highest BCUT2D eigenvalue weighted by Gasteiger charge is 2.25. The summed E-state index contributed by atoms with van der Waals surface area (Å²) in [4.78, 5) is 41.7. The number of nitrogen functional groups attached to an aromatic ring is 1. The molecular weight excluding hydrogens is 382 g/mol. The van der Waals surface area contributed by atoms with Crippen LogP contribution < -0.4 is 27.2 Å². The third-order valence-corrected chi connectivity index (χ3v) is 4.74. The van der Waals surface area contributed by atoms with Crippen LogP contribution in [0.1, 0.15) is 46.2 Å². The molecule has 8 nitrogen and oxygen atoms in total. The second-order valence-corrected chi connectivity index (χ2v) is 8.41. The molecule has 2 aromatic rings. The van der Waals surface area contributed by atoms with Gasteiger partial charge in [-0.15, -0.1) is 0 Å². The minimum absolute atomic E-state index is 0.0163. The standard InChI is InChI=1S/C22H33N5O3/c1-14(2)12-26(18(28)11-24-16(5)17-9-7-6-8-10-17)19-20(23)27(13-15(3)4)22(30)25-21(19)29/h6-10,14-16,24H,11-13,23H2,1-5H3,(H,25,29,30)/t16-/m1/s1. The zero-order valence-electron chi connectivity index (χ0n) is 18.4. The molecule has 2 rings (SSSR count). The van der Waals surface area contributed by atoms with Gasteiger partial charge in [0.05, 0.1) is 6.54 Å². The molecule has 1 aromatic heterocycles. The number of nitrogens with zero attached hydrogens (tertiary/aromatic N) is 2. The number of aromatic nitrogens is 2. The summed E-state index contributed by atoms with van der Waals surface area (Å²) in [6.45, 7) is 10.5. The maximum atomic E-state index is 13.1. The molecule has 0 spiro atoms. The molecule has 0 radical (unpaired) electrons. The third kappa shape index (κ3) is 5.82. The van der Waals surface area contributed by atoms with Gasteiger partial charge in [-0.3, -0.25) is 19.1 Å². The molecular formula is C22H33N5O3. The normalized spacial score (nSPS) is 12.4. The molecule has 0 aliphatic carbocycles. The van der Waals surface area contributed by atoms with Crippen molar-refractivity contribution in [3.63, 3.8) is 0 Å². The summed E-state index contributed by atoms with van der Waals surface area (Å²) < 4.78 is 1.32. The van der Waals surface area contributed by atoms with E-state index in [4.69, 9.17) is 5.73 Å². The summed E-state index contributed by atoms with van der Waals surface area (Å²) in [5.41, 5.74) is 6.10. The van der Waals surface area contributed by atoms with Crippen molar-refractivity contribution in [3.05, 3.63) is 56.7 Å². The summed E-state index contributed by atoms with van der Waals surface area (Å²) >= 11 is 0. The molecule has 0 aliphatic rings. The van der Waals surface area contributed by atoms with Crippen LogP contribution in [0.5, 0.6) is 0 Å². The van der Waals surface area contributed by atoms with Crippen molar-refractivity contribution >= 4 is 17.4 Å². The van der Waals surface area contributed by atoms with Gasteiger partial charge in [-0.1, -0.05) is 58.0 Å². The van der Waals surface area contributed by atoms with E-state index in [9.17, 15) is 14.4 Å². The highest BCUT2D eigenvalue weighted by atomic mass is 16.2. The van der Waals surface area contributed by atoms with Crippen LogP contribution in [0.2, 0.25) is 0 Å². The zero-order chi connectivity index (χ0) is 22.4. The Kier molecular flexibility index (Phi) is 8.00. The van der Waals surface area contributed by atoms with Crippen LogP contribution in [0, 0.1) is 11.8 Å². The number of carbonyl (C=O) groups is 1. The topological polar surface area (TPSA) is 113 Å². The summed E-state index contributed by atoms with van der Waals surface area (Å²) in [5, 5.41) is 3.21. The van der Waals surface area contributed by atoms with Crippen molar-refractivity contribution in [2.45, 2.75) is 47.2 Å². The average molecular weight is 416 g/mol. The number of hydrogen-bond donors (Lipinski definition) is 3. The Morgan fingerprint density at radius 3 is 2.30 bits per heavy atom. The lowest BCUT2D eigenvalue weighted by Gasteiger charge is -2.27. The van der Waals surface area contributed by atoms with Crippen LogP contribution in [-0.4, -0.2) is 28.5 Å². The first-order valence-corrected chi connectivity index (χ1v) is 10.3. The van der Waals surface area contributed by atoms with Gasteiger partial charge < -0.3 is 16.0 Å². The summed E-state index contributed by atoms with van der Waals surface area (Å²) in [6, 6.07) is 9.75. The number of rotatable bonds is 9. The number of amides is 1. The summed E-state index contributed by atoms with van der Waals surface area (Å²) in [7, 11) is 0. The van der Waals surface area contributed by atoms with Gasteiger partial charge in [0.1, 0.15) is 5.82 Å². The molecule has 164 valence electrons. The first-order chi connectivity index (χ1) is 14.1. The molecule has 0 saturated heterocycles. The Bertz CT molecular complexity index is 963. The fraction of sp³-hybridized carbons (Fsp3) is 0.500. The average Bonchev–Trinajstić information content (AvgIpc) is 2.68. The quantitative estimate of drug-likeness (QED) is 0.581. The van der Waals surface area contributed by atoms with Gasteiger partial charge in [-0.25, -0.2) is 4.79 Å². The number of nitrogens with two attached hydrogens (primary N) is 1. The van der Waals surface area contributed by atoms with Crippen LogP contribution >= 0.6 is 0 Å². The predicted molar refractivity (Wildman–Crippen MR) is 121 cm³/mol. The van der Waals surface area contributed by atoms with Crippen molar-refractivity contribution < 1.29 is 4.79 Å². The van der Waals surface area contributed by atoms with Crippen LogP contribution in [0.3, 0.4) is 0 Å². The molecule has 0 aliphatic heterocycles. The van der Waals surface area contributed by atoms with E-state index in [2.05, 4.69) is 10.3 Å². The Hall–Kier alpha value is -2.87. The van der Waals surface area contributed by atoms with E-state index in [0.717, 1.165) is 5.56 Å². The molecule has 1 atom stereocenters. The second kappa shape index (κ2) is 10.2. The SMILES string of the molecule is CC(C)CN(C(=O)CN[C@H](C)c1ccccc1)c1c(N)n(CC(C)C)c(=O)[nH]c1=O. The predicted octanol–water partition coefficient (Wildman–Crippen LogP) is 2.11. The number of aromatic amines is 1. The maximum absolute atomic E-state index is 13.1. The zero-order valence-corrected chi connectivity index (χ0v) is 18.4. The van der Waals surface area contributed by atoms with Crippen molar-refractivity contribution in [1.82, 2.24) is 14.9 Å². The molecule has 0 fully saturated rings. The minimum atomic E-state index is -0.650. The van der Waals surface area contributed by atoms with Crippen molar-refractivity contribution in [3.8, 4) is 0 Å². The monoisotopic (exact) mass is 415 g/mol. The lowest BCUT2D eigenvalue weighted by atomic mass is 10.1. The molecule has 8 heteroatoms. The van der Waals surface area contributed by atoms with Gasteiger partial charge >= 0.3 is 5.69 Å². The van der Waals surface area contributed by atoms with Crippen LogP contribution in [0.4, 0.5) is 11.5 Å². The second-order valence-electron chi connectivity index (χ2n) is 8.41. The van der Waals surface area contributed by atoms with Gasteiger partial charge in [-0.05, 0) is 24.3 Å². The highest BCUT2D eigenvalue weighted by molar-refractivity contribution is 5.96. The lowest BCUT2D eigenvalue weighted by molar-refractivity contribution is -0.118. The number of H-pyrrole nitrogens is 1. The molecule has 1 aromatic carbocycles.